The van der Waals surface area contributed by atoms with Crippen molar-refractivity contribution in [3.63, 3.8) is 0 Å². The van der Waals surface area contributed by atoms with E-state index >= 15 is 0 Å². The van der Waals surface area contributed by atoms with Crippen molar-refractivity contribution in [2.75, 3.05) is 4.90 Å². The fraction of sp³-hybridized carbons (Fsp3) is 0.159. The van der Waals surface area contributed by atoms with Crippen LogP contribution in [0.4, 0.5) is 17.1 Å². The number of aromatic nitrogens is 1. The number of nitrogens with zero attached hydrogens (tertiary/aromatic N) is 2. The minimum absolute atomic E-state index is 0.247. The summed E-state index contributed by atoms with van der Waals surface area (Å²) in [6.45, 7) is 0. The summed E-state index contributed by atoms with van der Waals surface area (Å²) in [5.41, 5.74) is 18.9. The first-order valence-electron chi connectivity index (χ1n) is 26.0. The molecule has 1 aromatic heterocycles. The van der Waals surface area contributed by atoms with Gasteiger partial charge in [0.2, 0.25) is 0 Å². The summed E-state index contributed by atoms with van der Waals surface area (Å²) in [6.07, 6.45) is 5.59. The highest BCUT2D eigenvalue weighted by Crippen LogP contribution is 2.79. The zero-order valence-electron chi connectivity index (χ0n) is 39.6. The SMILES string of the molecule is c1ccc(C2(c3ccccc3)c3ccccc3-c3ccc(N(c4ccc(-c5ccccc5-n5c6ccccc6c6cc7ccccc7cc65)cc4)c4ccccc4[C@]45CC6C[C@H]7CC(C4)[C@H]7C65)cc32)cc1. The van der Waals surface area contributed by atoms with Crippen LogP contribution in [0.2, 0.25) is 0 Å². The topological polar surface area (TPSA) is 8.17 Å². The van der Waals surface area contributed by atoms with Gasteiger partial charge < -0.3 is 9.47 Å². The molecule has 71 heavy (non-hydrogen) atoms. The molecule has 1 heterocycles. The van der Waals surface area contributed by atoms with Gasteiger partial charge in [-0.3, -0.25) is 0 Å². The molecular formula is C69H52N2. The van der Waals surface area contributed by atoms with Gasteiger partial charge in [0, 0.05) is 38.8 Å². The lowest BCUT2D eigenvalue weighted by atomic mass is 9.53. The molecule has 10 aromatic carbocycles. The van der Waals surface area contributed by atoms with Crippen LogP contribution < -0.4 is 4.90 Å². The van der Waals surface area contributed by atoms with Gasteiger partial charge in [-0.2, -0.15) is 0 Å². The number of hydrogen-bond donors (Lipinski definition) is 0. The molecule has 16 rings (SSSR count). The minimum Gasteiger partial charge on any atom is -0.310 e. The Hall–Kier alpha value is -7.94. The number of hydrogen-bond acceptors (Lipinski definition) is 1. The Morgan fingerprint density at radius 3 is 1.82 bits per heavy atom. The van der Waals surface area contributed by atoms with Gasteiger partial charge in [0.05, 0.1) is 22.1 Å². The Balaban J connectivity index is 0.895. The lowest BCUT2D eigenvalue weighted by molar-refractivity contribution is 0.0688. The Kier molecular flexibility index (Phi) is 8.31. The van der Waals surface area contributed by atoms with Crippen LogP contribution in [0.3, 0.4) is 0 Å². The maximum atomic E-state index is 2.64. The fourth-order valence-electron chi connectivity index (χ4n) is 16.1. The molecule has 338 valence electrons. The van der Waals surface area contributed by atoms with Crippen molar-refractivity contribution < 1.29 is 0 Å². The van der Waals surface area contributed by atoms with E-state index < -0.39 is 5.41 Å². The van der Waals surface area contributed by atoms with Crippen molar-refractivity contribution >= 4 is 49.6 Å². The highest BCUT2D eigenvalue weighted by molar-refractivity contribution is 6.14. The predicted octanol–water partition coefficient (Wildman–Crippen LogP) is 17.4. The molecule has 0 N–H and O–H groups in total. The summed E-state index contributed by atoms with van der Waals surface area (Å²) < 4.78 is 2.49. The first-order valence-corrected chi connectivity index (χ1v) is 26.0. The molecular weight excluding hydrogens is 857 g/mol. The normalized spacial score (nSPS) is 22.7. The molecule has 0 saturated heterocycles. The summed E-state index contributed by atoms with van der Waals surface area (Å²) in [7, 11) is 0. The summed E-state index contributed by atoms with van der Waals surface area (Å²) in [4.78, 5) is 2.64. The van der Waals surface area contributed by atoms with Gasteiger partial charge in [0.15, 0.2) is 0 Å². The maximum absolute atomic E-state index is 2.64. The molecule has 0 amide bonds. The highest BCUT2D eigenvalue weighted by atomic mass is 15.1. The van der Waals surface area contributed by atoms with Crippen LogP contribution in [0.1, 0.15) is 53.5 Å². The van der Waals surface area contributed by atoms with E-state index in [9.17, 15) is 0 Å². The minimum atomic E-state index is -0.494. The standard InChI is InChI=1S/C69H52N2/c1-3-19-50(20-4-1)69(51-21-5-2-6-22-51)59-26-12-9-24-55(59)56-36-35-53(41-61(56)69)70(64-30-16-13-27-60(64)68-42-48-37-47-38-49(43-68)67(68)66(47)48)52-33-31-44(32-34-52)54-23-10-14-28-62(54)71-63-29-15-11-25-57(63)58-39-45-17-7-8-18-46(45)40-65(58)71/h1-36,39-41,47-49,66-67H,37-38,42-43H2/t47-,48?,49?,66+,67?,68-/m1/s1. The maximum Gasteiger partial charge on any atom is 0.0714 e. The van der Waals surface area contributed by atoms with Gasteiger partial charge in [-0.25, -0.2) is 0 Å². The molecule has 0 aliphatic heterocycles. The second-order valence-corrected chi connectivity index (χ2v) is 21.7. The molecule has 5 aliphatic carbocycles. The predicted molar refractivity (Wildman–Crippen MR) is 293 cm³/mol. The van der Waals surface area contributed by atoms with Crippen molar-refractivity contribution in [3.05, 3.63) is 264 Å². The van der Waals surface area contributed by atoms with Crippen LogP contribution in [0, 0.1) is 29.6 Å². The van der Waals surface area contributed by atoms with Crippen molar-refractivity contribution in [1.82, 2.24) is 4.57 Å². The number of benzene rings is 10. The van der Waals surface area contributed by atoms with Crippen LogP contribution in [0.5, 0.6) is 0 Å². The van der Waals surface area contributed by atoms with Crippen LogP contribution in [0.15, 0.2) is 237 Å². The smallest absolute Gasteiger partial charge is 0.0714 e. The summed E-state index contributed by atoms with van der Waals surface area (Å²) in [6, 6.07) is 89.6. The van der Waals surface area contributed by atoms with Crippen LogP contribution in [0.25, 0.3) is 60.5 Å². The third kappa shape index (κ3) is 5.38. The van der Waals surface area contributed by atoms with Crippen LogP contribution >= 0.6 is 0 Å². The molecule has 6 atom stereocenters. The van der Waals surface area contributed by atoms with E-state index in [0.717, 1.165) is 29.6 Å². The third-order valence-electron chi connectivity index (χ3n) is 18.6. The van der Waals surface area contributed by atoms with E-state index in [1.54, 1.807) is 5.56 Å². The molecule has 0 spiro atoms. The fourth-order valence-corrected chi connectivity index (χ4v) is 16.1. The van der Waals surface area contributed by atoms with Crippen molar-refractivity contribution in [1.29, 1.82) is 0 Å². The quantitative estimate of drug-likeness (QED) is 0.147. The van der Waals surface area contributed by atoms with E-state index in [4.69, 9.17) is 0 Å². The Morgan fingerprint density at radius 1 is 0.408 bits per heavy atom. The van der Waals surface area contributed by atoms with Gasteiger partial charge in [0.1, 0.15) is 0 Å². The number of anilines is 3. The molecule has 11 aromatic rings. The molecule has 0 radical (unpaired) electrons. The largest absolute Gasteiger partial charge is 0.310 e. The van der Waals surface area contributed by atoms with Crippen LogP contribution in [-0.2, 0) is 10.8 Å². The van der Waals surface area contributed by atoms with E-state index in [0.29, 0.717) is 0 Å². The number of para-hydroxylation sites is 3. The second kappa shape index (κ2) is 14.8. The van der Waals surface area contributed by atoms with Gasteiger partial charge in [-0.05, 0) is 165 Å². The first-order chi connectivity index (χ1) is 35.2. The second-order valence-electron chi connectivity index (χ2n) is 21.7. The average molecular weight is 909 g/mol. The van der Waals surface area contributed by atoms with Gasteiger partial charge >= 0.3 is 0 Å². The third-order valence-corrected chi connectivity index (χ3v) is 18.6. The Morgan fingerprint density at radius 2 is 1.01 bits per heavy atom. The number of fused-ring (bicyclic) bond motifs is 7. The van der Waals surface area contributed by atoms with Crippen LogP contribution in [-0.4, -0.2) is 4.57 Å². The first kappa shape index (κ1) is 39.9. The monoisotopic (exact) mass is 908 g/mol. The molecule has 5 aliphatic rings. The van der Waals surface area contributed by atoms with Gasteiger partial charge in [-0.15, -0.1) is 0 Å². The zero-order valence-corrected chi connectivity index (χ0v) is 39.6. The summed E-state index contributed by atoms with van der Waals surface area (Å²) >= 11 is 0. The molecule has 2 nitrogen and oxygen atoms in total. The highest BCUT2D eigenvalue weighted by Gasteiger charge is 2.73. The Labute approximate surface area is 415 Å². The molecule has 2 heteroatoms. The average Bonchev–Trinajstić information content (AvgIpc) is 4.06. The molecule has 4 saturated carbocycles. The summed E-state index contributed by atoms with van der Waals surface area (Å²) in [5, 5.41) is 5.07. The van der Waals surface area contributed by atoms with E-state index in [-0.39, 0.29) is 5.41 Å². The summed E-state index contributed by atoms with van der Waals surface area (Å²) in [5.74, 6) is 4.50. The molecule has 4 fully saturated rings. The number of rotatable bonds is 8. The Bertz CT molecular complexity index is 3900. The van der Waals surface area contributed by atoms with E-state index in [1.807, 2.05) is 0 Å². The van der Waals surface area contributed by atoms with Crippen molar-refractivity contribution in [2.24, 2.45) is 29.6 Å². The molecule has 3 unspecified atom stereocenters. The van der Waals surface area contributed by atoms with Gasteiger partial charge in [-0.1, -0.05) is 182 Å². The van der Waals surface area contributed by atoms with E-state index in [2.05, 4.69) is 246 Å². The molecule has 0 bridgehead atoms. The zero-order chi connectivity index (χ0) is 46.4. The van der Waals surface area contributed by atoms with Crippen molar-refractivity contribution in [3.8, 4) is 27.9 Å². The lowest BCUT2D eigenvalue weighted by Gasteiger charge is -2.52. The lowest BCUT2D eigenvalue weighted by Crippen LogP contribution is -2.47. The van der Waals surface area contributed by atoms with Gasteiger partial charge in [0.25, 0.3) is 0 Å². The van der Waals surface area contributed by atoms with Crippen molar-refractivity contribution in [2.45, 2.75) is 36.5 Å². The van der Waals surface area contributed by atoms with E-state index in [1.165, 1.54) is 126 Å².